The Kier molecular flexibility index (Phi) is 157. The molecule has 0 saturated carbocycles. The van der Waals surface area contributed by atoms with Crippen LogP contribution in [0.5, 0.6) is 0 Å². The Balaban J connectivity index is -0.0000000269. The van der Waals surface area contributed by atoms with Crippen LogP contribution in [0.4, 0.5) is 0 Å². The molecule has 0 aromatic rings. The average molecular weight is 283 g/mol. The first kappa shape index (κ1) is 36.4. The molecule has 0 aromatic carbocycles. The van der Waals surface area contributed by atoms with E-state index in [0.29, 0.717) is 0 Å². The molecule has 0 radical (unpaired) electrons. The smallest absolute Gasteiger partial charge is 0.0488 e. The fraction of sp³-hybridized carbons (Fsp3) is 1.00. The summed E-state index contributed by atoms with van der Waals surface area (Å²) < 4.78 is 9.44. The summed E-state index contributed by atoms with van der Waals surface area (Å²) in [5.41, 5.74) is 0. The van der Waals surface area contributed by atoms with Crippen LogP contribution >= 0.6 is 0 Å². The fourth-order valence-electron chi connectivity index (χ4n) is 0.289. The number of rotatable bonds is 0. The molecule has 2 rings (SSSR count). The highest BCUT2D eigenvalue weighted by Gasteiger charge is 1.94. The quantitative estimate of drug-likeness (QED) is 0.499. The first-order valence-electron chi connectivity index (χ1n) is 8.15. The van der Waals surface area contributed by atoms with Gasteiger partial charge in [-0.25, -0.2) is 0 Å². The van der Waals surface area contributed by atoms with Gasteiger partial charge in [0, 0.05) is 26.4 Å². The number of hydrogen-bond donors (Lipinski definition) is 0. The Bertz CT molecular complexity index is 33.2. The minimum Gasteiger partial charge on any atom is -0.381 e. The molecule has 2 nitrogen and oxygen atoms in total. The molecule has 126 valence electrons. The highest BCUT2D eigenvalue weighted by atomic mass is 16.5. The minimum absolute atomic E-state index is 0. The summed E-state index contributed by atoms with van der Waals surface area (Å²) >= 11 is 0. The third-order valence-corrected chi connectivity index (χ3v) is 1.15. The number of hydrogen-bond acceptors (Lipinski definition) is 2. The van der Waals surface area contributed by atoms with E-state index in [1.807, 2.05) is 69.2 Å². The summed E-state index contributed by atoms with van der Waals surface area (Å²) in [6.07, 6.45) is 2.56. The largest absolute Gasteiger partial charge is 0.381 e. The molecule has 2 fully saturated rings. The van der Waals surface area contributed by atoms with Gasteiger partial charge >= 0.3 is 0 Å². The first-order valence-corrected chi connectivity index (χ1v) is 8.15. The summed E-state index contributed by atoms with van der Waals surface area (Å²) in [7, 11) is 0. The van der Waals surface area contributed by atoms with Gasteiger partial charge in [0.25, 0.3) is 0 Å². The van der Waals surface area contributed by atoms with E-state index in [0.717, 1.165) is 26.4 Å². The Morgan fingerprint density at radius 1 is 0.421 bits per heavy atom. The van der Waals surface area contributed by atoms with E-state index in [-0.39, 0.29) is 7.43 Å². The highest BCUT2D eigenvalue weighted by Crippen LogP contribution is 1.93. The summed E-state index contributed by atoms with van der Waals surface area (Å²) in [6.45, 7) is 24.0. The first-order chi connectivity index (χ1) is 9.00. The Morgan fingerprint density at radius 3 is 0.474 bits per heavy atom. The van der Waals surface area contributed by atoms with E-state index in [4.69, 9.17) is 9.47 Å². The van der Waals surface area contributed by atoms with Gasteiger partial charge in [0.05, 0.1) is 0 Å². The molecule has 0 unspecified atom stereocenters. The third kappa shape index (κ3) is 72.4. The number of ether oxygens (including phenoxy) is 2. The topological polar surface area (TPSA) is 18.5 Å². The van der Waals surface area contributed by atoms with Crippen LogP contribution in [0.25, 0.3) is 0 Å². The van der Waals surface area contributed by atoms with Crippen LogP contribution in [-0.4, -0.2) is 26.4 Å². The standard InChI is InChI=1S/2C3H6O.5C2H6.CH4/c2*1-2-4-3-1;5*1-2;/h2*1-3H2;5*1-2H3;1H4. The molecule has 0 aromatic heterocycles. The van der Waals surface area contributed by atoms with Gasteiger partial charge < -0.3 is 9.47 Å². The van der Waals surface area contributed by atoms with E-state index < -0.39 is 0 Å². The Hall–Kier alpha value is -0.0800. The molecule has 0 amide bonds. The van der Waals surface area contributed by atoms with Crippen molar-refractivity contribution in [2.24, 2.45) is 0 Å². The lowest BCUT2D eigenvalue weighted by Gasteiger charge is -2.09. The lowest BCUT2D eigenvalue weighted by molar-refractivity contribution is 0.0366. The molecule has 0 bridgehead atoms. The second-order valence-electron chi connectivity index (χ2n) is 1.93. The summed E-state index contributed by atoms with van der Waals surface area (Å²) in [4.78, 5) is 0. The highest BCUT2D eigenvalue weighted by molar-refractivity contribution is 4.41. The zero-order chi connectivity index (χ0) is 15.7. The molecule has 2 heteroatoms. The second-order valence-corrected chi connectivity index (χ2v) is 1.93. The van der Waals surface area contributed by atoms with Crippen molar-refractivity contribution in [1.29, 1.82) is 0 Å². The minimum atomic E-state index is 0. The molecular formula is C17H46O2. The maximum absolute atomic E-state index is 4.72. The molecule has 2 heterocycles. The zero-order valence-corrected chi connectivity index (χ0v) is 15.1. The van der Waals surface area contributed by atoms with Crippen LogP contribution in [0, 0.1) is 0 Å². The second kappa shape index (κ2) is 81.8. The van der Waals surface area contributed by atoms with Crippen molar-refractivity contribution >= 4 is 0 Å². The molecule has 2 saturated heterocycles. The molecular weight excluding hydrogens is 236 g/mol. The lowest BCUT2D eigenvalue weighted by atomic mass is 10.4. The summed E-state index contributed by atoms with van der Waals surface area (Å²) in [6, 6.07) is 0. The van der Waals surface area contributed by atoms with Crippen molar-refractivity contribution in [3.8, 4) is 0 Å². The molecule has 0 spiro atoms. The maximum Gasteiger partial charge on any atom is 0.0488 e. The zero-order valence-electron chi connectivity index (χ0n) is 15.1. The molecule has 2 aliphatic rings. The van der Waals surface area contributed by atoms with Crippen LogP contribution in [0.1, 0.15) is 89.5 Å². The molecule has 2 aliphatic heterocycles. The van der Waals surface area contributed by atoms with Gasteiger partial charge in [-0.2, -0.15) is 0 Å². The molecule has 19 heavy (non-hydrogen) atoms. The van der Waals surface area contributed by atoms with E-state index in [9.17, 15) is 0 Å². The maximum atomic E-state index is 4.72. The van der Waals surface area contributed by atoms with Gasteiger partial charge in [-0.05, 0) is 12.8 Å². The van der Waals surface area contributed by atoms with Gasteiger partial charge in [-0.15, -0.1) is 0 Å². The van der Waals surface area contributed by atoms with Crippen LogP contribution in [0.3, 0.4) is 0 Å². The SMILES string of the molecule is C.C1COC1.C1COC1.CC.CC.CC.CC.CC. The van der Waals surface area contributed by atoms with Gasteiger partial charge in [0.1, 0.15) is 0 Å². The third-order valence-electron chi connectivity index (χ3n) is 1.15. The summed E-state index contributed by atoms with van der Waals surface area (Å²) in [5, 5.41) is 0. The lowest BCUT2D eigenvalue weighted by Crippen LogP contribution is -2.09. The van der Waals surface area contributed by atoms with Crippen molar-refractivity contribution in [3.05, 3.63) is 0 Å². The van der Waals surface area contributed by atoms with Gasteiger partial charge in [-0.3, -0.25) is 0 Å². The van der Waals surface area contributed by atoms with E-state index >= 15 is 0 Å². The van der Waals surface area contributed by atoms with E-state index in [2.05, 4.69) is 0 Å². The van der Waals surface area contributed by atoms with Crippen LogP contribution in [-0.2, 0) is 9.47 Å². The van der Waals surface area contributed by atoms with Crippen molar-refractivity contribution in [2.45, 2.75) is 89.5 Å². The predicted molar refractivity (Wildman–Crippen MR) is 94.3 cm³/mol. The molecule has 0 aliphatic carbocycles. The van der Waals surface area contributed by atoms with Gasteiger partial charge in [0.2, 0.25) is 0 Å². The predicted octanol–water partition coefficient (Wildman–Crippen LogP) is 6.58. The van der Waals surface area contributed by atoms with E-state index in [1.54, 1.807) is 0 Å². The van der Waals surface area contributed by atoms with Crippen LogP contribution in [0.15, 0.2) is 0 Å². The molecule has 0 atom stereocenters. The van der Waals surface area contributed by atoms with Crippen molar-refractivity contribution in [1.82, 2.24) is 0 Å². The van der Waals surface area contributed by atoms with Crippen LogP contribution in [0.2, 0.25) is 0 Å². The normalized spacial score (nSPS) is 11.7. The van der Waals surface area contributed by atoms with Crippen molar-refractivity contribution in [3.63, 3.8) is 0 Å². The Labute approximate surface area is 126 Å². The monoisotopic (exact) mass is 282 g/mol. The van der Waals surface area contributed by atoms with E-state index in [1.165, 1.54) is 12.8 Å². The summed E-state index contributed by atoms with van der Waals surface area (Å²) in [5.74, 6) is 0. The van der Waals surface area contributed by atoms with Crippen LogP contribution < -0.4 is 0 Å². The fourth-order valence-corrected chi connectivity index (χ4v) is 0.289. The van der Waals surface area contributed by atoms with Gasteiger partial charge in [-0.1, -0.05) is 76.7 Å². The van der Waals surface area contributed by atoms with Crippen molar-refractivity contribution in [2.75, 3.05) is 26.4 Å². The Morgan fingerprint density at radius 2 is 0.474 bits per heavy atom. The molecule has 0 N–H and O–H groups in total. The average Bonchev–Trinajstić information content (AvgIpc) is 2.37. The van der Waals surface area contributed by atoms with Gasteiger partial charge in [0.15, 0.2) is 0 Å². The van der Waals surface area contributed by atoms with Crippen molar-refractivity contribution < 1.29 is 9.47 Å².